The summed E-state index contributed by atoms with van der Waals surface area (Å²) in [4.78, 5) is 27.1. The van der Waals surface area contributed by atoms with Crippen LogP contribution in [0, 0.1) is 0 Å². The molecule has 0 saturated heterocycles. The minimum Gasteiger partial charge on any atom is -0.497 e. The maximum atomic E-state index is 13.3. The number of likely N-dealkylation sites (N-methyl/N-ethyl adjacent to an activating group) is 1. The number of methoxy groups -OCH3 is 1. The molecule has 0 bridgehead atoms. The highest BCUT2D eigenvalue weighted by atomic mass is 35.5. The Bertz CT molecular complexity index is 1160. The second-order valence-corrected chi connectivity index (χ2v) is 7.80. The molecule has 7 nitrogen and oxygen atoms in total. The lowest BCUT2D eigenvalue weighted by atomic mass is 9.98. The summed E-state index contributed by atoms with van der Waals surface area (Å²) < 4.78 is 10.5. The maximum Gasteiger partial charge on any atom is 0.289 e. The number of rotatable bonds is 6. The molecule has 164 valence electrons. The van der Waals surface area contributed by atoms with Gasteiger partial charge < -0.3 is 14.1 Å². The van der Waals surface area contributed by atoms with E-state index in [1.54, 1.807) is 32.4 Å². The van der Waals surface area contributed by atoms with Crippen molar-refractivity contribution >= 4 is 29.1 Å². The minimum atomic E-state index is -0.385. The SMILES string of the molecule is COc1cccc(C2=NN(C(=O)CN(C)C(=O)c3ccco3)[C@@H](c3ccccc3Cl)C2)c1. The van der Waals surface area contributed by atoms with Crippen molar-refractivity contribution in [2.24, 2.45) is 5.10 Å². The number of nitrogens with zero attached hydrogens (tertiary/aromatic N) is 3. The monoisotopic (exact) mass is 451 g/mol. The van der Waals surface area contributed by atoms with Crippen molar-refractivity contribution in [2.45, 2.75) is 12.5 Å². The summed E-state index contributed by atoms with van der Waals surface area (Å²) in [5.41, 5.74) is 2.39. The highest BCUT2D eigenvalue weighted by molar-refractivity contribution is 6.31. The molecule has 0 unspecified atom stereocenters. The molecule has 1 aliphatic heterocycles. The third-order valence-electron chi connectivity index (χ3n) is 5.28. The first-order chi connectivity index (χ1) is 15.5. The quantitative estimate of drug-likeness (QED) is 0.557. The fourth-order valence-corrected chi connectivity index (χ4v) is 3.90. The van der Waals surface area contributed by atoms with Crippen LogP contribution in [0.5, 0.6) is 5.75 Å². The van der Waals surface area contributed by atoms with Gasteiger partial charge in [-0.15, -0.1) is 0 Å². The number of carbonyl (C=O) groups excluding carboxylic acids is 2. The average Bonchev–Trinajstić information content (AvgIpc) is 3.49. The molecule has 0 N–H and O–H groups in total. The molecular formula is C24H22ClN3O4. The number of halogens is 1. The van der Waals surface area contributed by atoms with E-state index in [1.165, 1.54) is 16.2 Å². The van der Waals surface area contributed by atoms with E-state index in [-0.39, 0.29) is 30.2 Å². The molecule has 1 aliphatic rings. The number of hydrogen-bond acceptors (Lipinski definition) is 5. The Morgan fingerprint density at radius 1 is 1.19 bits per heavy atom. The first-order valence-electron chi connectivity index (χ1n) is 10.0. The molecule has 1 aromatic heterocycles. The van der Waals surface area contributed by atoms with Crippen LogP contribution in [0.15, 0.2) is 76.4 Å². The first-order valence-corrected chi connectivity index (χ1v) is 10.4. The van der Waals surface area contributed by atoms with Gasteiger partial charge >= 0.3 is 0 Å². The second kappa shape index (κ2) is 9.28. The maximum absolute atomic E-state index is 13.3. The van der Waals surface area contributed by atoms with Crippen LogP contribution < -0.4 is 4.74 Å². The molecule has 32 heavy (non-hydrogen) atoms. The van der Waals surface area contributed by atoms with Gasteiger partial charge in [-0.2, -0.15) is 5.10 Å². The predicted molar refractivity (Wildman–Crippen MR) is 121 cm³/mol. The van der Waals surface area contributed by atoms with Gasteiger partial charge in [-0.25, -0.2) is 5.01 Å². The van der Waals surface area contributed by atoms with E-state index < -0.39 is 0 Å². The topological polar surface area (TPSA) is 75.3 Å². The normalized spacial score (nSPS) is 15.4. The van der Waals surface area contributed by atoms with Crippen LogP contribution in [0.2, 0.25) is 5.02 Å². The van der Waals surface area contributed by atoms with Gasteiger partial charge in [0, 0.05) is 24.1 Å². The van der Waals surface area contributed by atoms with Crippen LogP contribution in [0.25, 0.3) is 0 Å². The molecule has 0 fully saturated rings. The Morgan fingerprint density at radius 2 is 2.00 bits per heavy atom. The van der Waals surface area contributed by atoms with E-state index in [0.29, 0.717) is 17.2 Å². The van der Waals surface area contributed by atoms with E-state index in [0.717, 1.165) is 16.8 Å². The van der Waals surface area contributed by atoms with Gasteiger partial charge in [0.2, 0.25) is 0 Å². The third kappa shape index (κ3) is 4.38. The summed E-state index contributed by atoms with van der Waals surface area (Å²) >= 11 is 6.45. The number of amides is 2. The Balaban J connectivity index is 1.63. The molecule has 1 atom stereocenters. The van der Waals surface area contributed by atoms with Crippen LogP contribution in [-0.4, -0.2) is 48.1 Å². The molecule has 0 spiro atoms. The number of furan rings is 1. The summed E-state index contributed by atoms with van der Waals surface area (Å²) in [6, 6.07) is 17.7. The van der Waals surface area contributed by atoms with Crippen molar-refractivity contribution in [2.75, 3.05) is 20.7 Å². The molecule has 0 radical (unpaired) electrons. The summed E-state index contributed by atoms with van der Waals surface area (Å²) in [5.74, 6) is 0.169. The zero-order valence-electron chi connectivity index (χ0n) is 17.7. The van der Waals surface area contributed by atoms with Crippen LogP contribution in [0.4, 0.5) is 0 Å². The van der Waals surface area contributed by atoms with Crippen molar-refractivity contribution in [3.8, 4) is 5.75 Å². The fraction of sp³-hybridized carbons (Fsp3) is 0.208. The van der Waals surface area contributed by atoms with Gasteiger partial charge in [-0.05, 0) is 35.9 Å². The Morgan fingerprint density at radius 3 is 2.72 bits per heavy atom. The molecule has 4 rings (SSSR count). The van der Waals surface area contributed by atoms with E-state index in [9.17, 15) is 9.59 Å². The van der Waals surface area contributed by atoms with Crippen LogP contribution >= 0.6 is 11.6 Å². The van der Waals surface area contributed by atoms with E-state index in [2.05, 4.69) is 5.10 Å². The van der Waals surface area contributed by atoms with Crippen molar-refractivity contribution < 1.29 is 18.7 Å². The highest BCUT2D eigenvalue weighted by Gasteiger charge is 2.35. The number of ether oxygens (including phenoxy) is 1. The number of carbonyl (C=O) groups is 2. The molecule has 0 aliphatic carbocycles. The average molecular weight is 452 g/mol. The summed E-state index contributed by atoms with van der Waals surface area (Å²) in [5, 5.41) is 6.60. The lowest BCUT2D eigenvalue weighted by molar-refractivity contribution is -0.133. The lowest BCUT2D eigenvalue weighted by Crippen LogP contribution is -2.39. The lowest BCUT2D eigenvalue weighted by Gasteiger charge is -2.25. The fourth-order valence-electron chi connectivity index (χ4n) is 3.64. The number of benzene rings is 2. The van der Waals surface area contributed by atoms with Crippen LogP contribution in [0.3, 0.4) is 0 Å². The van der Waals surface area contributed by atoms with Crippen LogP contribution in [0.1, 0.15) is 34.1 Å². The van der Waals surface area contributed by atoms with E-state index in [1.807, 2.05) is 42.5 Å². The largest absolute Gasteiger partial charge is 0.497 e. The molecular weight excluding hydrogens is 430 g/mol. The standard InChI is InChI=1S/C24H22ClN3O4/c1-27(24(30)22-11-6-12-32-22)15-23(29)28-21(18-9-3-4-10-19(18)25)14-20(26-28)16-7-5-8-17(13-16)31-2/h3-13,21H,14-15H2,1-2H3/t21-/m1/s1. The summed E-state index contributed by atoms with van der Waals surface area (Å²) in [6.07, 6.45) is 1.90. The van der Waals surface area contributed by atoms with E-state index >= 15 is 0 Å². The van der Waals surface area contributed by atoms with Crippen molar-refractivity contribution in [1.29, 1.82) is 0 Å². The first kappa shape index (κ1) is 21.6. The zero-order chi connectivity index (χ0) is 22.7. The van der Waals surface area contributed by atoms with Gasteiger partial charge in [0.25, 0.3) is 11.8 Å². The van der Waals surface area contributed by atoms with Gasteiger partial charge in [-0.1, -0.05) is 41.9 Å². The van der Waals surface area contributed by atoms with Gasteiger partial charge in [0.05, 0.1) is 25.1 Å². The zero-order valence-corrected chi connectivity index (χ0v) is 18.5. The van der Waals surface area contributed by atoms with Crippen LogP contribution in [-0.2, 0) is 4.79 Å². The summed E-state index contributed by atoms with van der Waals surface area (Å²) in [7, 11) is 3.15. The second-order valence-electron chi connectivity index (χ2n) is 7.40. The van der Waals surface area contributed by atoms with E-state index in [4.69, 9.17) is 20.8 Å². The van der Waals surface area contributed by atoms with Crippen molar-refractivity contribution in [1.82, 2.24) is 9.91 Å². The van der Waals surface area contributed by atoms with Crippen molar-refractivity contribution in [3.05, 3.63) is 88.8 Å². The Labute approximate surface area is 190 Å². The molecule has 3 aromatic rings. The Hall–Kier alpha value is -3.58. The molecule has 2 heterocycles. The predicted octanol–water partition coefficient (Wildman–Crippen LogP) is 4.39. The van der Waals surface area contributed by atoms with Crippen molar-refractivity contribution in [3.63, 3.8) is 0 Å². The highest BCUT2D eigenvalue weighted by Crippen LogP contribution is 2.36. The smallest absolute Gasteiger partial charge is 0.289 e. The number of hydrazone groups is 1. The molecule has 8 heteroatoms. The molecule has 2 amide bonds. The molecule has 2 aromatic carbocycles. The van der Waals surface area contributed by atoms with Gasteiger partial charge in [0.15, 0.2) is 5.76 Å². The van der Waals surface area contributed by atoms with Gasteiger partial charge in [-0.3, -0.25) is 9.59 Å². The van der Waals surface area contributed by atoms with Gasteiger partial charge in [0.1, 0.15) is 12.3 Å². The minimum absolute atomic E-state index is 0.157. The molecule has 0 saturated carbocycles. The number of hydrogen-bond donors (Lipinski definition) is 0. The Kier molecular flexibility index (Phi) is 6.28. The summed E-state index contributed by atoms with van der Waals surface area (Å²) in [6.45, 7) is -0.157. The third-order valence-corrected chi connectivity index (χ3v) is 5.63.